The molecule has 8 nitrogen and oxygen atoms in total. The lowest BCUT2D eigenvalue weighted by Crippen LogP contribution is -2.43. The number of benzene rings is 2. The van der Waals surface area contributed by atoms with Crippen molar-refractivity contribution in [2.45, 2.75) is 58.8 Å². The van der Waals surface area contributed by atoms with E-state index in [4.69, 9.17) is 0 Å². The molecule has 0 aliphatic heterocycles. The molecule has 4 rings (SSSR count). The van der Waals surface area contributed by atoms with Gasteiger partial charge < -0.3 is 20.3 Å². The highest BCUT2D eigenvalue weighted by molar-refractivity contribution is 5.99. The first-order valence-electron chi connectivity index (χ1n) is 13.9. The van der Waals surface area contributed by atoms with E-state index in [1.54, 1.807) is 12.1 Å². The molecule has 12 heteroatoms. The van der Waals surface area contributed by atoms with Crippen LogP contribution in [0, 0.1) is 19.7 Å². The molecule has 0 spiro atoms. The van der Waals surface area contributed by atoms with Gasteiger partial charge in [0.05, 0.1) is 22.2 Å². The van der Waals surface area contributed by atoms with E-state index >= 15 is 4.39 Å². The number of aryl methyl sites for hydroxylation is 2. The summed E-state index contributed by atoms with van der Waals surface area (Å²) in [7, 11) is 1.37. The molecule has 0 saturated carbocycles. The van der Waals surface area contributed by atoms with E-state index < -0.39 is 46.6 Å². The Kier molecular flexibility index (Phi) is 9.12. The molecule has 2 heterocycles. The van der Waals surface area contributed by atoms with Gasteiger partial charge in [0.1, 0.15) is 11.9 Å². The molecule has 0 unspecified atom stereocenters. The van der Waals surface area contributed by atoms with E-state index in [2.05, 4.69) is 15.6 Å². The summed E-state index contributed by atoms with van der Waals surface area (Å²) in [5, 5.41) is 15.8. The molecule has 0 bridgehead atoms. The van der Waals surface area contributed by atoms with Crippen LogP contribution in [0.3, 0.4) is 0 Å². The molecule has 2 aromatic heterocycles. The number of alkyl halides is 3. The van der Waals surface area contributed by atoms with Crippen molar-refractivity contribution in [3.63, 3.8) is 0 Å². The monoisotopic (exact) mass is 612 g/mol. The van der Waals surface area contributed by atoms with Gasteiger partial charge in [0.2, 0.25) is 0 Å². The van der Waals surface area contributed by atoms with Crippen molar-refractivity contribution in [3.8, 4) is 11.1 Å². The summed E-state index contributed by atoms with van der Waals surface area (Å²) in [6.45, 7) is 6.82. The molecule has 0 radical (unpaired) electrons. The summed E-state index contributed by atoms with van der Waals surface area (Å²) in [6, 6.07) is 7.97. The number of carbonyl (C=O) groups is 2. The number of carboxylic acids is 1. The van der Waals surface area contributed by atoms with Crippen LogP contribution in [0.5, 0.6) is 0 Å². The number of hydrogen-bond acceptors (Lipinski definition) is 5. The number of nitrogens with zero attached hydrogens (tertiary/aromatic N) is 2. The number of hydrogen-bond donors (Lipinski definition) is 3. The van der Waals surface area contributed by atoms with Gasteiger partial charge in [-0.15, -0.1) is 0 Å². The van der Waals surface area contributed by atoms with Gasteiger partial charge in [0.15, 0.2) is 0 Å². The summed E-state index contributed by atoms with van der Waals surface area (Å²) in [5.74, 6) is -3.16. The molecular formula is C32H32F4N4O4. The lowest BCUT2D eigenvalue weighted by Gasteiger charge is -2.20. The molecule has 232 valence electrons. The number of fused-ring (bicyclic) bond motifs is 1. The number of rotatable bonds is 9. The Labute approximate surface area is 250 Å². The Morgan fingerprint density at radius 3 is 2.43 bits per heavy atom. The lowest BCUT2D eigenvalue weighted by molar-refractivity contribution is -0.139. The number of aromatic nitrogens is 2. The molecule has 44 heavy (non-hydrogen) atoms. The van der Waals surface area contributed by atoms with Crippen LogP contribution in [-0.4, -0.2) is 38.6 Å². The van der Waals surface area contributed by atoms with E-state index in [0.717, 1.165) is 17.1 Å². The minimum atomic E-state index is -4.83. The van der Waals surface area contributed by atoms with Gasteiger partial charge in [-0.2, -0.15) is 13.2 Å². The minimum absolute atomic E-state index is 0.0539. The van der Waals surface area contributed by atoms with Gasteiger partial charge in [-0.1, -0.05) is 25.1 Å². The van der Waals surface area contributed by atoms with E-state index in [1.807, 2.05) is 13.8 Å². The maximum atomic E-state index is 15.0. The van der Waals surface area contributed by atoms with Gasteiger partial charge >= 0.3 is 12.1 Å². The summed E-state index contributed by atoms with van der Waals surface area (Å²) < 4.78 is 58.4. The number of carbonyl (C=O) groups excluding carboxylic acids is 1. The number of amides is 1. The first-order chi connectivity index (χ1) is 20.6. The zero-order chi connectivity index (χ0) is 32.5. The molecular weight excluding hydrogens is 580 g/mol. The number of nitrogens with one attached hydrogen (secondary N) is 2. The van der Waals surface area contributed by atoms with E-state index in [0.29, 0.717) is 22.2 Å². The third kappa shape index (κ3) is 6.43. The largest absolute Gasteiger partial charge is 0.480 e. The predicted octanol–water partition coefficient (Wildman–Crippen LogP) is 6.01. The fourth-order valence-corrected chi connectivity index (χ4v) is 5.07. The van der Waals surface area contributed by atoms with Crippen molar-refractivity contribution in [1.82, 2.24) is 14.9 Å². The topological polar surface area (TPSA) is 113 Å². The van der Waals surface area contributed by atoms with Gasteiger partial charge in [0.25, 0.3) is 11.5 Å². The standard InChI is InChI=1S/C32H32F4N4O4/c1-6-17(3)38-20-12-16(2)26(24(33)15-20)29(41)39-25(31(43)44)14-19-9-10-22(28-21(19)8-7-11-37-28)27-23(32(34,35)36)13-18(4)40(5)30(27)42/h7-13,15,17,25,38H,6,14H2,1-5H3,(H,39,41)(H,43,44)/t17-,25-/m0/s1. The number of pyridine rings is 2. The van der Waals surface area contributed by atoms with Gasteiger partial charge in [-0.3, -0.25) is 14.6 Å². The quantitative estimate of drug-likeness (QED) is 0.200. The van der Waals surface area contributed by atoms with Crippen LogP contribution < -0.4 is 16.2 Å². The van der Waals surface area contributed by atoms with E-state index in [9.17, 15) is 32.7 Å². The second kappa shape index (κ2) is 12.5. The van der Waals surface area contributed by atoms with Crippen LogP contribution in [0.25, 0.3) is 22.0 Å². The lowest BCUT2D eigenvalue weighted by atomic mass is 9.93. The number of halogens is 4. The summed E-state index contributed by atoms with van der Waals surface area (Å²) in [6.07, 6.45) is -2.99. The van der Waals surface area contributed by atoms with Crippen LogP contribution in [-0.2, 0) is 24.4 Å². The number of carboxylic acid groups (broad SMARTS) is 1. The van der Waals surface area contributed by atoms with Crippen LogP contribution in [0.2, 0.25) is 0 Å². The zero-order valence-corrected chi connectivity index (χ0v) is 24.8. The van der Waals surface area contributed by atoms with Crippen molar-refractivity contribution < 1.29 is 32.3 Å². The van der Waals surface area contributed by atoms with Crippen molar-refractivity contribution in [2.75, 3.05) is 5.32 Å². The molecule has 2 aromatic carbocycles. The SMILES string of the molecule is CC[C@H](C)Nc1cc(C)c(C(=O)N[C@@H](Cc2ccc(-c3c(C(F)(F)F)cc(C)n(C)c3=O)c3ncccc23)C(=O)O)c(F)c1. The Hall–Kier alpha value is -4.74. The first kappa shape index (κ1) is 32.2. The maximum Gasteiger partial charge on any atom is 0.417 e. The van der Waals surface area contributed by atoms with Crippen LogP contribution >= 0.6 is 0 Å². The Morgan fingerprint density at radius 2 is 1.82 bits per heavy atom. The van der Waals surface area contributed by atoms with Crippen molar-refractivity contribution in [1.29, 1.82) is 0 Å². The molecule has 3 N–H and O–H groups in total. The Balaban J connectivity index is 1.73. The average molecular weight is 613 g/mol. The highest BCUT2D eigenvalue weighted by Crippen LogP contribution is 2.38. The predicted molar refractivity (Wildman–Crippen MR) is 159 cm³/mol. The van der Waals surface area contributed by atoms with E-state index in [1.165, 1.54) is 51.4 Å². The molecule has 2 atom stereocenters. The fraction of sp³-hybridized carbons (Fsp3) is 0.312. The van der Waals surface area contributed by atoms with Crippen LogP contribution in [0.15, 0.2) is 53.5 Å². The third-order valence-electron chi connectivity index (χ3n) is 7.67. The molecule has 0 fully saturated rings. The van der Waals surface area contributed by atoms with E-state index in [-0.39, 0.29) is 34.8 Å². The second-order valence-electron chi connectivity index (χ2n) is 10.8. The molecule has 0 aliphatic carbocycles. The van der Waals surface area contributed by atoms with Crippen molar-refractivity contribution in [2.24, 2.45) is 7.05 Å². The normalized spacial score (nSPS) is 13.0. The van der Waals surface area contributed by atoms with Crippen molar-refractivity contribution in [3.05, 3.63) is 92.8 Å². The first-order valence-corrected chi connectivity index (χ1v) is 13.9. The smallest absolute Gasteiger partial charge is 0.417 e. The fourth-order valence-electron chi connectivity index (χ4n) is 5.07. The highest BCUT2D eigenvalue weighted by atomic mass is 19.4. The number of aliphatic carboxylic acids is 1. The van der Waals surface area contributed by atoms with Gasteiger partial charge in [0, 0.05) is 48.0 Å². The molecule has 0 saturated heterocycles. The molecule has 1 amide bonds. The summed E-state index contributed by atoms with van der Waals surface area (Å²) in [4.78, 5) is 42.7. The minimum Gasteiger partial charge on any atom is -0.480 e. The second-order valence-corrected chi connectivity index (χ2v) is 10.8. The average Bonchev–Trinajstić information content (AvgIpc) is 2.94. The van der Waals surface area contributed by atoms with Crippen LogP contribution in [0.1, 0.15) is 53.0 Å². The highest BCUT2D eigenvalue weighted by Gasteiger charge is 2.37. The van der Waals surface area contributed by atoms with Crippen LogP contribution in [0.4, 0.5) is 23.2 Å². The van der Waals surface area contributed by atoms with Gasteiger partial charge in [-0.05, 0) is 62.6 Å². The molecule has 4 aromatic rings. The Morgan fingerprint density at radius 1 is 1.11 bits per heavy atom. The summed E-state index contributed by atoms with van der Waals surface area (Å²) in [5.41, 5.74) is -1.64. The van der Waals surface area contributed by atoms with Gasteiger partial charge in [-0.25, -0.2) is 9.18 Å². The zero-order valence-electron chi connectivity index (χ0n) is 24.8. The third-order valence-corrected chi connectivity index (χ3v) is 7.67. The maximum absolute atomic E-state index is 15.0. The summed E-state index contributed by atoms with van der Waals surface area (Å²) >= 11 is 0. The van der Waals surface area contributed by atoms with Crippen molar-refractivity contribution >= 4 is 28.5 Å². The Bertz CT molecular complexity index is 1790. The number of anilines is 1. The molecule has 0 aliphatic rings.